The minimum atomic E-state index is -3.18. The Labute approximate surface area is 93.7 Å². The number of rotatable bonds is 1. The standard InChI is InChI=1S/C9H11ClN2O2S/c10-7-2-3-8(11)9(6-7)12-4-1-5-15(12,13)14/h2-3,6H,1,4-5,11H2. The van der Waals surface area contributed by atoms with E-state index in [1.165, 1.54) is 4.31 Å². The van der Waals surface area contributed by atoms with Gasteiger partial charge in [-0.3, -0.25) is 4.31 Å². The minimum Gasteiger partial charge on any atom is -0.397 e. The summed E-state index contributed by atoms with van der Waals surface area (Å²) in [6.07, 6.45) is 0.633. The van der Waals surface area contributed by atoms with E-state index < -0.39 is 10.0 Å². The van der Waals surface area contributed by atoms with Gasteiger partial charge in [0.2, 0.25) is 10.0 Å². The first-order valence-electron chi connectivity index (χ1n) is 4.56. The molecule has 1 fully saturated rings. The maximum absolute atomic E-state index is 11.7. The molecule has 0 spiro atoms. The Morgan fingerprint density at radius 3 is 2.73 bits per heavy atom. The van der Waals surface area contributed by atoms with Gasteiger partial charge < -0.3 is 5.73 Å². The number of nitrogens with zero attached hydrogens (tertiary/aromatic N) is 1. The number of hydrogen-bond acceptors (Lipinski definition) is 3. The Morgan fingerprint density at radius 2 is 2.13 bits per heavy atom. The molecular weight excluding hydrogens is 236 g/mol. The molecular formula is C9H11ClN2O2S. The lowest BCUT2D eigenvalue weighted by Gasteiger charge is -2.18. The van der Waals surface area contributed by atoms with E-state index in [2.05, 4.69) is 0 Å². The summed E-state index contributed by atoms with van der Waals surface area (Å²) >= 11 is 5.81. The second-order valence-corrected chi connectivity index (χ2v) is 5.89. The van der Waals surface area contributed by atoms with Crippen LogP contribution in [0.4, 0.5) is 11.4 Å². The summed E-state index contributed by atoms with van der Waals surface area (Å²) in [6, 6.07) is 4.84. The predicted molar refractivity (Wildman–Crippen MR) is 61.6 cm³/mol. The van der Waals surface area contributed by atoms with Crippen LogP contribution in [0.1, 0.15) is 6.42 Å². The molecule has 6 heteroatoms. The first-order chi connectivity index (χ1) is 7.00. The molecule has 1 aliphatic rings. The van der Waals surface area contributed by atoms with Gasteiger partial charge in [0.1, 0.15) is 0 Å². The van der Waals surface area contributed by atoms with Crippen molar-refractivity contribution in [1.29, 1.82) is 0 Å². The van der Waals surface area contributed by atoms with Crippen LogP contribution in [0.5, 0.6) is 0 Å². The lowest BCUT2D eigenvalue weighted by molar-refractivity contribution is 0.599. The third kappa shape index (κ3) is 1.89. The molecule has 0 atom stereocenters. The Hall–Kier alpha value is -0.940. The normalized spacial score (nSPS) is 19.4. The highest BCUT2D eigenvalue weighted by Gasteiger charge is 2.29. The molecule has 0 aromatic heterocycles. The molecule has 1 aromatic rings. The van der Waals surface area contributed by atoms with Gasteiger partial charge in [-0.1, -0.05) is 11.6 Å². The first-order valence-corrected chi connectivity index (χ1v) is 6.55. The number of halogens is 1. The molecule has 82 valence electrons. The zero-order chi connectivity index (χ0) is 11.1. The summed E-state index contributed by atoms with van der Waals surface area (Å²) in [5.41, 5.74) is 6.65. The average molecular weight is 247 g/mol. The monoisotopic (exact) mass is 246 g/mol. The lowest BCUT2D eigenvalue weighted by Crippen LogP contribution is -2.25. The molecule has 1 aromatic carbocycles. The van der Waals surface area contributed by atoms with E-state index in [1.807, 2.05) is 0 Å². The SMILES string of the molecule is Nc1ccc(Cl)cc1N1CCCS1(=O)=O. The first kappa shape index (κ1) is 10.6. The molecule has 0 aliphatic carbocycles. The quantitative estimate of drug-likeness (QED) is 0.763. The van der Waals surface area contributed by atoms with Gasteiger partial charge >= 0.3 is 0 Å². The summed E-state index contributed by atoms with van der Waals surface area (Å²) in [7, 11) is -3.18. The van der Waals surface area contributed by atoms with E-state index in [9.17, 15) is 8.42 Å². The minimum absolute atomic E-state index is 0.180. The number of sulfonamides is 1. The fourth-order valence-electron chi connectivity index (χ4n) is 1.64. The van der Waals surface area contributed by atoms with E-state index in [0.29, 0.717) is 29.4 Å². The molecule has 0 saturated carbocycles. The van der Waals surface area contributed by atoms with E-state index in [-0.39, 0.29) is 5.75 Å². The zero-order valence-corrected chi connectivity index (χ0v) is 9.55. The van der Waals surface area contributed by atoms with Gasteiger partial charge in [0.25, 0.3) is 0 Å². The molecule has 0 unspecified atom stereocenters. The zero-order valence-electron chi connectivity index (χ0n) is 7.98. The fourth-order valence-corrected chi connectivity index (χ4v) is 3.39. The predicted octanol–water partition coefficient (Wildman–Crippen LogP) is 1.46. The van der Waals surface area contributed by atoms with Crippen LogP contribution in [0.15, 0.2) is 18.2 Å². The van der Waals surface area contributed by atoms with Crippen LogP contribution in [0.2, 0.25) is 5.02 Å². The van der Waals surface area contributed by atoms with E-state index in [0.717, 1.165) is 0 Å². The van der Waals surface area contributed by atoms with Crippen LogP contribution >= 0.6 is 11.6 Å². The van der Waals surface area contributed by atoms with Gasteiger partial charge in [0.05, 0.1) is 17.1 Å². The Morgan fingerprint density at radius 1 is 1.40 bits per heavy atom. The van der Waals surface area contributed by atoms with Gasteiger partial charge in [-0.2, -0.15) is 0 Å². The van der Waals surface area contributed by atoms with Crippen molar-refractivity contribution in [1.82, 2.24) is 0 Å². The van der Waals surface area contributed by atoms with Crippen molar-refractivity contribution in [2.75, 3.05) is 22.3 Å². The summed E-state index contributed by atoms with van der Waals surface area (Å²) in [5, 5.41) is 0.487. The van der Waals surface area contributed by atoms with Crippen molar-refractivity contribution in [2.45, 2.75) is 6.42 Å². The van der Waals surface area contributed by atoms with E-state index >= 15 is 0 Å². The molecule has 2 N–H and O–H groups in total. The molecule has 1 aliphatic heterocycles. The van der Waals surface area contributed by atoms with Gasteiger partial charge in [-0.05, 0) is 24.6 Å². The fraction of sp³-hybridized carbons (Fsp3) is 0.333. The maximum atomic E-state index is 11.7. The molecule has 15 heavy (non-hydrogen) atoms. The van der Waals surface area contributed by atoms with Crippen molar-refractivity contribution in [3.05, 3.63) is 23.2 Å². The van der Waals surface area contributed by atoms with Crippen LogP contribution in [0, 0.1) is 0 Å². The maximum Gasteiger partial charge on any atom is 0.235 e. The Bertz CT molecular complexity index is 487. The topological polar surface area (TPSA) is 63.4 Å². The molecule has 1 saturated heterocycles. The number of nitrogen functional groups attached to an aromatic ring is 1. The molecule has 0 bridgehead atoms. The summed E-state index contributed by atoms with van der Waals surface area (Å²) < 4.78 is 24.6. The number of anilines is 2. The summed E-state index contributed by atoms with van der Waals surface area (Å²) in [5.74, 6) is 0.180. The smallest absolute Gasteiger partial charge is 0.235 e. The van der Waals surface area contributed by atoms with Crippen LogP contribution < -0.4 is 10.0 Å². The van der Waals surface area contributed by atoms with Crippen molar-refractivity contribution in [3.8, 4) is 0 Å². The third-order valence-electron chi connectivity index (χ3n) is 2.36. The largest absolute Gasteiger partial charge is 0.397 e. The number of benzene rings is 1. The highest BCUT2D eigenvalue weighted by atomic mass is 35.5. The molecule has 0 radical (unpaired) electrons. The van der Waals surface area contributed by atoms with E-state index in [1.54, 1.807) is 18.2 Å². The molecule has 1 heterocycles. The second kappa shape index (κ2) is 3.57. The Kier molecular flexibility index (Phi) is 2.52. The highest BCUT2D eigenvalue weighted by molar-refractivity contribution is 7.93. The lowest BCUT2D eigenvalue weighted by atomic mass is 10.2. The van der Waals surface area contributed by atoms with Crippen LogP contribution in [0.25, 0.3) is 0 Å². The summed E-state index contributed by atoms with van der Waals surface area (Å²) in [4.78, 5) is 0. The second-order valence-electron chi connectivity index (χ2n) is 3.44. The van der Waals surface area contributed by atoms with Gasteiger partial charge in [-0.15, -0.1) is 0 Å². The number of hydrogen-bond donors (Lipinski definition) is 1. The van der Waals surface area contributed by atoms with E-state index in [4.69, 9.17) is 17.3 Å². The van der Waals surface area contributed by atoms with Crippen molar-refractivity contribution < 1.29 is 8.42 Å². The van der Waals surface area contributed by atoms with Gasteiger partial charge in [0.15, 0.2) is 0 Å². The molecule has 2 rings (SSSR count). The van der Waals surface area contributed by atoms with Crippen LogP contribution in [-0.2, 0) is 10.0 Å². The van der Waals surface area contributed by atoms with Crippen molar-refractivity contribution in [3.63, 3.8) is 0 Å². The number of nitrogens with two attached hydrogens (primary N) is 1. The highest BCUT2D eigenvalue weighted by Crippen LogP contribution is 2.31. The van der Waals surface area contributed by atoms with Crippen molar-refractivity contribution >= 4 is 33.0 Å². The van der Waals surface area contributed by atoms with Gasteiger partial charge in [0, 0.05) is 11.6 Å². The third-order valence-corrected chi connectivity index (χ3v) is 4.45. The van der Waals surface area contributed by atoms with Crippen molar-refractivity contribution in [2.24, 2.45) is 0 Å². The summed E-state index contributed by atoms with van der Waals surface area (Å²) in [6.45, 7) is 0.479. The van der Waals surface area contributed by atoms with Gasteiger partial charge in [-0.25, -0.2) is 8.42 Å². The molecule has 4 nitrogen and oxygen atoms in total. The average Bonchev–Trinajstić information content (AvgIpc) is 2.50. The van der Waals surface area contributed by atoms with Crippen LogP contribution in [0.3, 0.4) is 0 Å². The van der Waals surface area contributed by atoms with Crippen LogP contribution in [-0.4, -0.2) is 20.7 Å². The Balaban J connectivity index is 2.50. The molecule has 0 amide bonds.